The molecule has 1 aromatic rings. The highest BCUT2D eigenvalue weighted by Crippen LogP contribution is 2.38. The molecular formula is C22H30N2O5S2. The number of nitrogens with zero attached hydrogens (tertiary/aromatic N) is 2. The first-order valence-corrected chi connectivity index (χ1v) is 13.7. The third-order valence-electron chi connectivity index (χ3n) is 6.78. The highest BCUT2D eigenvalue weighted by Gasteiger charge is 2.42. The predicted molar refractivity (Wildman–Crippen MR) is 120 cm³/mol. The summed E-state index contributed by atoms with van der Waals surface area (Å²) in [4.78, 5) is 30.0. The fourth-order valence-corrected chi connectivity index (χ4v) is 7.30. The normalized spacial score (nSPS) is 23.1. The van der Waals surface area contributed by atoms with Crippen LogP contribution in [-0.2, 0) is 21.0 Å². The molecule has 4 rings (SSSR count). The number of fused-ring (bicyclic) bond motifs is 1. The number of likely N-dealkylation sites (tertiary alicyclic amines) is 1. The van der Waals surface area contributed by atoms with E-state index in [0.717, 1.165) is 29.7 Å². The average Bonchev–Trinajstić information content (AvgIpc) is 3.34. The Morgan fingerprint density at radius 1 is 1.32 bits per heavy atom. The number of hydrogen-bond donors (Lipinski definition) is 0. The van der Waals surface area contributed by atoms with Gasteiger partial charge < -0.3 is 9.64 Å². The number of allylic oxidation sites excluding steroid dienone is 1. The summed E-state index contributed by atoms with van der Waals surface area (Å²) in [5.74, 6) is 0.276. The molecule has 0 N–H and O–H groups in total. The van der Waals surface area contributed by atoms with Crippen molar-refractivity contribution in [1.29, 1.82) is 0 Å². The second kappa shape index (κ2) is 8.58. The van der Waals surface area contributed by atoms with Gasteiger partial charge in [0.15, 0.2) is 9.84 Å². The molecule has 170 valence electrons. The van der Waals surface area contributed by atoms with Gasteiger partial charge in [-0.3, -0.25) is 9.69 Å². The highest BCUT2D eigenvalue weighted by atomic mass is 32.2. The molecule has 2 aliphatic heterocycles. The Labute approximate surface area is 188 Å². The van der Waals surface area contributed by atoms with E-state index in [0.29, 0.717) is 55.3 Å². The van der Waals surface area contributed by atoms with E-state index >= 15 is 0 Å². The molecule has 1 aromatic heterocycles. The van der Waals surface area contributed by atoms with Gasteiger partial charge in [0, 0.05) is 31.0 Å². The molecule has 31 heavy (non-hydrogen) atoms. The maximum absolute atomic E-state index is 13.3. The first-order chi connectivity index (χ1) is 14.7. The number of sulfone groups is 1. The number of thiophene rings is 1. The lowest BCUT2D eigenvalue weighted by Crippen LogP contribution is -2.51. The number of piperidine rings is 1. The van der Waals surface area contributed by atoms with Crippen molar-refractivity contribution in [1.82, 2.24) is 9.80 Å². The molecule has 1 aliphatic carbocycles. The molecule has 9 heteroatoms. The summed E-state index contributed by atoms with van der Waals surface area (Å²) < 4.78 is 30.1. The standard InChI is InChI=1S/C22H30N2O5S2/c1-4-14(2)18-13-29-22(26)24(18)15-9-11-23(12-10-15)20(25)19-16-7-5-6-8-17(16)21(30-19)31(3,27)28/h6,8,14-15,18H,4-5,7,9-13H2,1-3H3/t14-,18-/m0/s1. The quantitative estimate of drug-likeness (QED) is 0.662. The van der Waals surface area contributed by atoms with Crippen molar-refractivity contribution < 1.29 is 22.7 Å². The highest BCUT2D eigenvalue weighted by molar-refractivity contribution is 7.92. The molecule has 3 heterocycles. The fourth-order valence-electron chi connectivity index (χ4n) is 4.82. The third kappa shape index (κ3) is 4.14. The number of ether oxygens (including phenoxy) is 1. The maximum Gasteiger partial charge on any atom is 0.410 e. The predicted octanol–water partition coefficient (Wildman–Crippen LogP) is 3.58. The van der Waals surface area contributed by atoms with Crippen molar-refractivity contribution in [2.45, 2.75) is 62.2 Å². The molecule has 2 saturated heterocycles. The molecule has 2 fully saturated rings. The molecule has 2 amide bonds. The van der Waals surface area contributed by atoms with Crippen LogP contribution in [0, 0.1) is 5.92 Å². The van der Waals surface area contributed by atoms with Gasteiger partial charge in [-0.15, -0.1) is 11.3 Å². The third-order valence-corrected chi connectivity index (χ3v) is 9.86. The minimum atomic E-state index is -3.39. The zero-order valence-corrected chi connectivity index (χ0v) is 19.9. The van der Waals surface area contributed by atoms with E-state index in [1.165, 1.54) is 6.26 Å². The Balaban J connectivity index is 1.50. The van der Waals surface area contributed by atoms with Gasteiger partial charge in [-0.05, 0) is 37.2 Å². The van der Waals surface area contributed by atoms with Gasteiger partial charge in [0.1, 0.15) is 10.8 Å². The van der Waals surface area contributed by atoms with Crippen molar-refractivity contribution in [3.8, 4) is 0 Å². The van der Waals surface area contributed by atoms with Crippen LogP contribution in [0.25, 0.3) is 6.08 Å². The summed E-state index contributed by atoms with van der Waals surface area (Å²) in [6.07, 6.45) is 8.65. The van der Waals surface area contributed by atoms with Gasteiger partial charge in [-0.25, -0.2) is 13.2 Å². The first-order valence-electron chi connectivity index (χ1n) is 11.0. The van der Waals surface area contributed by atoms with E-state index in [2.05, 4.69) is 13.8 Å². The van der Waals surface area contributed by atoms with Crippen LogP contribution < -0.4 is 0 Å². The molecule has 0 aromatic carbocycles. The Kier molecular flexibility index (Phi) is 6.18. The van der Waals surface area contributed by atoms with Gasteiger partial charge >= 0.3 is 6.09 Å². The van der Waals surface area contributed by atoms with E-state index < -0.39 is 9.84 Å². The van der Waals surface area contributed by atoms with Crippen LogP contribution in [-0.4, -0.2) is 68.3 Å². The average molecular weight is 467 g/mol. The van der Waals surface area contributed by atoms with Gasteiger partial charge in [0.05, 0.1) is 10.9 Å². The van der Waals surface area contributed by atoms with Gasteiger partial charge in [0.2, 0.25) is 0 Å². The van der Waals surface area contributed by atoms with Crippen LogP contribution in [0.5, 0.6) is 0 Å². The maximum atomic E-state index is 13.3. The molecule has 7 nitrogen and oxygen atoms in total. The van der Waals surface area contributed by atoms with Crippen LogP contribution in [0.2, 0.25) is 0 Å². The number of carbonyl (C=O) groups excluding carboxylic acids is 2. The van der Waals surface area contributed by atoms with Crippen LogP contribution in [0.3, 0.4) is 0 Å². The van der Waals surface area contributed by atoms with E-state index in [-0.39, 0.29) is 28.3 Å². The van der Waals surface area contributed by atoms with E-state index in [1.54, 1.807) is 0 Å². The minimum Gasteiger partial charge on any atom is -0.447 e. The zero-order valence-electron chi connectivity index (χ0n) is 18.3. The lowest BCUT2D eigenvalue weighted by Gasteiger charge is -2.39. The molecular weight excluding hydrogens is 436 g/mol. The van der Waals surface area contributed by atoms with Gasteiger partial charge in [-0.2, -0.15) is 0 Å². The summed E-state index contributed by atoms with van der Waals surface area (Å²) in [7, 11) is -3.39. The number of amides is 2. The van der Waals surface area contributed by atoms with E-state index in [9.17, 15) is 18.0 Å². The smallest absolute Gasteiger partial charge is 0.410 e. The largest absolute Gasteiger partial charge is 0.447 e. The lowest BCUT2D eigenvalue weighted by molar-refractivity contribution is 0.0618. The Morgan fingerprint density at radius 2 is 2.03 bits per heavy atom. The second-order valence-electron chi connectivity index (χ2n) is 8.78. The molecule has 0 unspecified atom stereocenters. The summed E-state index contributed by atoms with van der Waals surface area (Å²) >= 11 is 1.10. The molecule has 0 bridgehead atoms. The summed E-state index contributed by atoms with van der Waals surface area (Å²) in [6.45, 7) is 5.81. The minimum absolute atomic E-state index is 0.0739. The van der Waals surface area contributed by atoms with Gasteiger partial charge in [0.25, 0.3) is 5.91 Å². The van der Waals surface area contributed by atoms with Gasteiger partial charge in [-0.1, -0.05) is 32.4 Å². The van der Waals surface area contributed by atoms with E-state index in [4.69, 9.17) is 4.74 Å². The first kappa shape index (κ1) is 22.3. The monoisotopic (exact) mass is 466 g/mol. The van der Waals surface area contributed by atoms with Crippen LogP contribution in [0.1, 0.15) is 60.3 Å². The summed E-state index contributed by atoms with van der Waals surface area (Å²) in [6, 6.07) is 0.169. The molecule has 0 saturated carbocycles. The number of cyclic esters (lactones) is 1. The van der Waals surface area contributed by atoms with Crippen molar-refractivity contribution >= 4 is 39.3 Å². The molecule has 3 aliphatic rings. The Hall–Kier alpha value is -1.87. The molecule has 2 atom stereocenters. The number of carbonyl (C=O) groups is 2. The Bertz CT molecular complexity index is 1010. The second-order valence-corrected chi connectivity index (χ2v) is 12.0. The summed E-state index contributed by atoms with van der Waals surface area (Å²) in [5.41, 5.74) is 1.55. The number of rotatable bonds is 5. The van der Waals surface area contributed by atoms with Crippen LogP contribution in [0.15, 0.2) is 10.3 Å². The SMILES string of the molecule is CC[C@H](C)[C@@H]1COC(=O)N1C1CCN(C(=O)c2sc(S(C)(=O)=O)c3c2CCC=C3)CC1. The van der Waals surface area contributed by atoms with Crippen LogP contribution in [0.4, 0.5) is 4.79 Å². The fraction of sp³-hybridized carbons (Fsp3) is 0.636. The number of hydrogen-bond acceptors (Lipinski definition) is 6. The zero-order chi connectivity index (χ0) is 22.3. The van der Waals surface area contributed by atoms with Crippen molar-refractivity contribution in [2.24, 2.45) is 5.92 Å². The Morgan fingerprint density at radius 3 is 2.68 bits per heavy atom. The lowest BCUT2D eigenvalue weighted by atomic mass is 9.94. The summed E-state index contributed by atoms with van der Waals surface area (Å²) in [5, 5.41) is 0. The van der Waals surface area contributed by atoms with Crippen molar-refractivity contribution in [2.75, 3.05) is 26.0 Å². The van der Waals surface area contributed by atoms with Crippen molar-refractivity contribution in [3.63, 3.8) is 0 Å². The van der Waals surface area contributed by atoms with Crippen molar-refractivity contribution in [3.05, 3.63) is 22.1 Å². The topological polar surface area (TPSA) is 84.0 Å². The molecule has 0 spiro atoms. The van der Waals surface area contributed by atoms with E-state index in [1.807, 2.05) is 22.0 Å². The molecule has 0 radical (unpaired) electrons. The van der Waals surface area contributed by atoms with Crippen LogP contribution >= 0.6 is 11.3 Å².